The van der Waals surface area contributed by atoms with Crippen molar-refractivity contribution in [3.05, 3.63) is 35.4 Å². The molecule has 1 N–H and O–H groups in total. The molecule has 74 valence electrons. The van der Waals surface area contributed by atoms with E-state index in [0.29, 0.717) is 5.56 Å². The third-order valence-electron chi connectivity index (χ3n) is 2.50. The van der Waals surface area contributed by atoms with Crippen molar-refractivity contribution >= 4 is 0 Å². The van der Waals surface area contributed by atoms with Crippen molar-refractivity contribution in [2.45, 2.75) is 26.4 Å². The molecule has 2 heteroatoms. The second kappa shape index (κ2) is 3.81. The van der Waals surface area contributed by atoms with Gasteiger partial charge in [-0.1, -0.05) is 43.7 Å². The van der Waals surface area contributed by atoms with Gasteiger partial charge in [-0.05, 0) is 18.4 Å². The largest absolute Gasteiger partial charge is 0.371 e. The van der Waals surface area contributed by atoms with Crippen molar-refractivity contribution in [1.29, 1.82) is 5.26 Å². The number of benzene rings is 1. The lowest BCUT2D eigenvalue weighted by Gasteiger charge is -2.24. The van der Waals surface area contributed by atoms with E-state index >= 15 is 0 Å². The summed E-state index contributed by atoms with van der Waals surface area (Å²) in [5, 5.41) is 19.1. The minimum Gasteiger partial charge on any atom is -0.371 e. The van der Waals surface area contributed by atoms with Gasteiger partial charge in [0.25, 0.3) is 0 Å². The van der Waals surface area contributed by atoms with Crippen LogP contribution in [-0.4, -0.2) is 5.11 Å². The topological polar surface area (TPSA) is 44.0 Å². The first-order valence-corrected chi connectivity index (χ1v) is 4.71. The molecule has 0 bridgehead atoms. The lowest BCUT2D eigenvalue weighted by molar-refractivity contribution is 0.0481. The molecule has 0 aromatic heterocycles. The van der Waals surface area contributed by atoms with Crippen LogP contribution in [0.1, 0.15) is 25.0 Å². The van der Waals surface area contributed by atoms with Gasteiger partial charge in [0.1, 0.15) is 6.07 Å². The molecule has 2 nitrogen and oxygen atoms in total. The average Bonchev–Trinajstić information content (AvgIpc) is 2.17. The minimum atomic E-state index is -1.37. The zero-order valence-electron chi connectivity index (χ0n) is 8.78. The predicted octanol–water partition coefficient (Wildman–Crippen LogP) is 2.36. The molecule has 1 aromatic carbocycles. The smallest absolute Gasteiger partial charge is 0.178 e. The second-order valence-electron chi connectivity index (χ2n) is 3.90. The Morgan fingerprint density at radius 1 is 1.29 bits per heavy atom. The highest BCUT2D eigenvalue weighted by molar-refractivity contribution is 5.31. The van der Waals surface area contributed by atoms with Crippen molar-refractivity contribution < 1.29 is 5.11 Å². The van der Waals surface area contributed by atoms with Gasteiger partial charge >= 0.3 is 0 Å². The first-order valence-electron chi connectivity index (χ1n) is 4.71. The van der Waals surface area contributed by atoms with Gasteiger partial charge < -0.3 is 5.11 Å². The van der Waals surface area contributed by atoms with Crippen LogP contribution in [0.4, 0.5) is 0 Å². The Bertz CT molecular complexity index is 348. The van der Waals surface area contributed by atoms with Crippen molar-refractivity contribution in [3.63, 3.8) is 0 Å². The fourth-order valence-electron chi connectivity index (χ4n) is 1.33. The standard InChI is InChI=1S/C12H15NO/c1-9(2)12(14,8-13)11-6-4-10(3)5-7-11/h4-7,9,14H,1-3H3. The Morgan fingerprint density at radius 2 is 1.79 bits per heavy atom. The maximum absolute atomic E-state index is 10.1. The van der Waals surface area contributed by atoms with Crippen molar-refractivity contribution in [2.75, 3.05) is 0 Å². The second-order valence-corrected chi connectivity index (χ2v) is 3.90. The van der Waals surface area contributed by atoms with Gasteiger partial charge in [-0.2, -0.15) is 5.26 Å². The maximum Gasteiger partial charge on any atom is 0.178 e. The lowest BCUT2D eigenvalue weighted by atomic mass is 9.84. The molecule has 14 heavy (non-hydrogen) atoms. The third kappa shape index (κ3) is 1.78. The van der Waals surface area contributed by atoms with E-state index in [4.69, 9.17) is 5.26 Å². The van der Waals surface area contributed by atoms with E-state index in [2.05, 4.69) is 0 Å². The summed E-state index contributed by atoms with van der Waals surface area (Å²) in [5.74, 6) is -0.116. The summed E-state index contributed by atoms with van der Waals surface area (Å²) in [5.41, 5.74) is 0.423. The van der Waals surface area contributed by atoms with Crippen LogP contribution in [-0.2, 0) is 5.60 Å². The van der Waals surface area contributed by atoms with Gasteiger partial charge in [0.05, 0.1) is 0 Å². The van der Waals surface area contributed by atoms with Crippen LogP contribution >= 0.6 is 0 Å². The van der Waals surface area contributed by atoms with Gasteiger partial charge in [-0.25, -0.2) is 0 Å². The van der Waals surface area contributed by atoms with Crippen LogP contribution in [0.25, 0.3) is 0 Å². The van der Waals surface area contributed by atoms with Crippen LogP contribution in [0.15, 0.2) is 24.3 Å². The molecule has 1 aromatic rings. The SMILES string of the molecule is Cc1ccc(C(O)(C#N)C(C)C)cc1. The predicted molar refractivity (Wildman–Crippen MR) is 55.5 cm³/mol. The van der Waals surface area contributed by atoms with Crippen LogP contribution in [0.3, 0.4) is 0 Å². The Morgan fingerprint density at radius 3 is 2.14 bits per heavy atom. The van der Waals surface area contributed by atoms with Gasteiger partial charge in [0, 0.05) is 0 Å². The molecule has 1 atom stereocenters. The third-order valence-corrected chi connectivity index (χ3v) is 2.50. The molecular formula is C12H15NO. The van der Waals surface area contributed by atoms with E-state index < -0.39 is 5.60 Å². The fraction of sp³-hybridized carbons (Fsp3) is 0.417. The summed E-state index contributed by atoms with van der Waals surface area (Å²) in [4.78, 5) is 0. The molecule has 0 aliphatic carbocycles. The van der Waals surface area contributed by atoms with E-state index in [0.717, 1.165) is 5.56 Å². The fourth-order valence-corrected chi connectivity index (χ4v) is 1.33. The van der Waals surface area contributed by atoms with E-state index in [9.17, 15) is 5.11 Å². The van der Waals surface area contributed by atoms with E-state index in [1.54, 1.807) is 12.1 Å². The molecule has 0 saturated heterocycles. The summed E-state index contributed by atoms with van der Waals surface area (Å²) in [6.45, 7) is 5.65. The van der Waals surface area contributed by atoms with Crippen molar-refractivity contribution in [3.8, 4) is 6.07 Å². The van der Waals surface area contributed by atoms with E-state index in [-0.39, 0.29) is 5.92 Å². The number of rotatable bonds is 2. The summed E-state index contributed by atoms with van der Waals surface area (Å²) in [7, 11) is 0. The molecule has 0 fully saturated rings. The number of aliphatic hydroxyl groups is 1. The molecule has 0 aliphatic rings. The van der Waals surface area contributed by atoms with Gasteiger partial charge in [0.15, 0.2) is 5.60 Å². The van der Waals surface area contributed by atoms with E-state index in [1.165, 1.54) is 0 Å². The molecule has 0 aliphatic heterocycles. The Labute approximate surface area is 84.8 Å². The van der Waals surface area contributed by atoms with Crippen LogP contribution in [0.2, 0.25) is 0 Å². The molecule has 1 rings (SSSR count). The number of nitrogens with zero attached hydrogens (tertiary/aromatic N) is 1. The normalized spacial score (nSPS) is 14.9. The summed E-state index contributed by atoms with van der Waals surface area (Å²) >= 11 is 0. The molecule has 0 heterocycles. The molecular weight excluding hydrogens is 174 g/mol. The summed E-state index contributed by atoms with van der Waals surface area (Å²) in [6.07, 6.45) is 0. The zero-order valence-corrected chi connectivity index (χ0v) is 8.78. The minimum absolute atomic E-state index is 0.116. The molecule has 0 amide bonds. The number of hydrogen-bond acceptors (Lipinski definition) is 2. The summed E-state index contributed by atoms with van der Waals surface area (Å²) < 4.78 is 0. The first-order chi connectivity index (χ1) is 6.50. The van der Waals surface area contributed by atoms with Crippen LogP contribution in [0, 0.1) is 24.2 Å². The highest BCUT2D eigenvalue weighted by atomic mass is 16.3. The molecule has 0 spiro atoms. The zero-order chi connectivity index (χ0) is 10.8. The highest BCUT2D eigenvalue weighted by Crippen LogP contribution is 2.28. The number of nitriles is 1. The van der Waals surface area contributed by atoms with E-state index in [1.807, 2.05) is 39.0 Å². The van der Waals surface area contributed by atoms with Crippen molar-refractivity contribution in [2.24, 2.45) is 5.92 Å². The quantitative estimate of drug-likeness (QED) is 0.726. The Kier molecular flexibility index (Phi) is 2.93. The lowest BCUT2D eigenvalue weighted by Crippen LogP contribution is -2.29. The van der Waals surface area contributed by atoms with Gasteiger partial charge in [-0.15, -0.1) is 0 Å². The van der Waals surface area contributed by atoms with Crippen LogP contribution in [0.5, 0.6) is 0 Å². The Hall–Kier alpha value is -1.33. The van der Waals surface area contributed by atoms with Gasteiger partial charge in [-0.3, -0.25) is 0 Å². The number of hydrogen-bond donors (Lipinski definition) is 1. The Balaban J connectivity index is 3.15. The summed E-state index contributed by atoms with van der Waals surface area (Å²) in [6, 6.07) is 9.38. The molecule has 1 unspecified atom stereocenters. The van der Waals surface area contributed by atoms with Gasteiger partial charge in [0.2, 0.25) is 0 Å². The average molecular weight is 189 g/mol. The molecule has 0 saturated carbocycles. The monoisotopic (exact) mass is 189 g/mol. The van der Waals surface area contributed by atoms with Crippen LogP contribution < -0.4 is 0 Å². The van der Waals surface area contributed by atoms with Crippen molar-refractivity contribution in [1.82, 2.24) is 0 Å². The number of aryl methyl sites for hydroxylation is 1. The molecule has 0 radical (unpaired) electrons. The highest BCUT2D eigenvalue weighted by Gasteiger charge is 2.32. The maximum atomic E-state index is 10.1. The first kappa shape index (κ1) is 10.7.